The van der Waals surface area contributed by atoms with Crippen LogP contribution in [0.5, 0.6) is 0 Å². The molecule has 0 saturated heterocycles. The number of hydrogen-bond donors (Lipinski definition) is 3. The van der Waals surface area contributed by atoms with E-state index < -0.39 is 0 Å². The van der Waals surface area contributed by atoms with Crippen LogP contribution in [0.2, 0.25) is 0 Å². The molecule has 0 unspecified atom stereocenters. The van der Waals surface area contributed by atoms with Crippen molar-refractivity contribution in [3.8, 4) is 22.5 Å². The molecule has 9 rings (SSSR count). The van der Waals surface area contributed by atoms with Crippen molar-refractivity contribution in [3.05, 3.63) is 216 Å². The third-order valence-electron chi connectivity index (χ3n) is 9.75. The third kappa shape index (κ3) is 23.8. The van der Waals surface area contributed by atoms with Gasteiger partial charge in [0, 0.05) is 90.3 Å². The molecule has 0 saturated carbocycles. The van der Waals surface area contributed by atoms with Crippen molar-refractivity contribution in [2.75, 3.05) is 0 Å². The Morgan fingerprint density at radius 1 is 0.548 bits per heavy atom. The fourth-order valence-electron chi connectivity index (χ4n) is 7.06. The summed E-state index contributed by atoms with van der Waals surface area (Å²) in [4.78, 5) is 43.8. The molecule has 12 heteroatoms. The second kappa shape index (κ2) is 34.1. The van der Waals surface area contributed by atoms with Crippen LogP contribution in [0.3, 0.4) is 0 Å². The van der Waals surface area contributed by atoms with Crippen molar-refractivity contribution >= 4 is 55.5 Å². The largest absolute Gasteiger partial charge is 0.512 e. The molecule has 0 aliphatic heterocycles. The molecule has 0 bridgehead atoms. The number of ketones is 3. The van der Waals surface area contributed by atoms with E-state index in [9.17, 15) is 14.4 Å². The third-order valence-corrected chi connectivity index (χ3v) is 9.75. The van der Waals surface area contributed by atoms with E-state index in [0.717, 1.165) is 57.6 Å². The monoisotopic (exact) mass is 1510 g/mol. The van der Waals surface area contributed by atoms with E-state index in [1.807, 2.05) is 72.9 Å². The fourth-order valence-corrected chi connectivity index (χ4v) is 7.06. The molecule has 73 heavy (non-hydrogen) atoms. The van der Waals surface area contributed by atoms with Crippen LogP contribution >= 0.6 is 0 Å². The van der Waals surface area contributed by atoms with Gasteiger partial charge in [-0.25, -0.2) is 0 Å². The summed E-state index contributed by atoms with van der Waals surface area (Å²) in [6.45, 7) is 12.7. The van der Waals surface area contributed by atoms with Gasteiger partial charge in [0.1, 0.15) is 0 Å². The summed E-state index contributed by atoms with van der Waals surface area (Å²) in [6, 6.07) is 54.0. The van der Waals surface area contributed by atoms with Gasteiger partial charge >= 0.3 is 0 Å². The number of carbonyl (C=O) groups is 3. The van der Waals surface area contributed by atoms with E-state index >= 15 is 0 Å². The second-order valence-electron chi connectivity index (χ2n) is 16.4. The van der Waals surface area contributed by atoms with Crippen molar-refractivity contribution < 1.29 is 90.0 Å². The van der Waals surface area contributed by atoms with E-state index in [1.165, 1.54) is 98.9 Å². The molecule has 3 heterocycles. The minimum Gasteiger partial charge on any atom is -0.512 e. The first-order valence-corrected chi connectivity index (χ1v) is 22.8. The van der Waals surface area contributed by atoms with Crippen LogP contribution in [0.15, 0.2) is 181 Å². The maximum Gasteiger partial charge on any atom is 0.155 e. The van der Waals surface area contributed by atoms with Gasteiger partial charge in [-0.3, -0.25) is 25.4 Å². The van der Waals surface area contributed by atoms with Gasteiger partial charge in [0.25, 0.3) is 0 Å². The van der Waals surface area contributed by atoms with Gasteiger partial charge < -0.3 is 25.3 Å². The standard InChI is InChI=1S/C17H14N.C15H10N.C14H12N.3C5H8O2.3Ir/c1-12-9-13(2)11-15(10-12)17-8-7-14-5-3-4-6-16(14)18-17;1-2-8-13-12(6-1)7-5-9-14(13)15-10-3-4-11-16-15;1-2-6-11(5-1)14-10-9-12-7-3-4-8-13(12)15-14;3*1-4(6)3-5(2)7;;;/h3-10H,1-2H3;1-8,10-11H;3-4,7-10H,1-2,5H2;3*3,6H,1-2H3;;;/q3*-1;;;;;;. The minimum absolute atomic E-state index is 0. The smallest absolute Gasteiger partial charge is 0.155 e. The van der Waals surface area contributed by atoms with E-state index in [-0.39, 0.29) is 94.9 Å². The number of aliphatic hydroxyl groups is 3. The predicted octanol–water partition coefficient (Wildman–Crippen LogP) is 14.7. The normalized spacial score (nSPS) is 11.5. The first-order chi connectivity index (χ1) is 33.5. The Balaban J connectivity index is 0.000000455. The molecule has 1 aliphatic rings. The summed E-state index contributed by atoms with van der Waals surface area (Å²) >= 11 is 0. The first-order valence-electron chi connectivity index (χ1n) is 22.8. The van der Waals surface area contributed by atoms with E-state index in [0.29, 0.717) is 0 Å². The summed E-state index contributed by atoms with van der Waals surface area (Å²) in [5, 5.41) is 29.9. The van der Waals surface area contributed by atoms with Gasteiger partial charge in [0.05, 0.1) is 22.8 Å². The molecule has 0 atom stereocenters. The number of allylic oxidation sites excluding steroid dienone is 8. The molecule has 3 radical (unpaired) electrons. The zero-order valence-electron chi connectivity index (χ0n) is 42.1. The average molecular weight is 1510 g/mol. The quantitative estimate of drug-likeness (QED) is 0.0840. The fraction of sp³-hybridized carbons (Fsp3) is 0.180. The number of aliphatic hydroxyl groups excluding tert-OH is 3. The van der Waals surface area contributed by atoms with Gasteiger partial charge in [-0.2, -0.15) is 5.57 Å². The molecular formula is C61H60Ir3N3O6-3. The van der Waals surface area contributed by atoms with Crippen molar-refractivity contribution in [1.29, 1.82) is 0 Å². The summed E-state index contributed by atoms with van der Waals surface area (Å²) in [5.74, 6) is -0.187. The van der Waals surface area contributed by atoms with Gasteiger partial charge in [0.2, 0.25) is 0 Å². The van der Waals surface area contributed by atoms with E-state index in [4.69, 9.17) is 20.3 Å². The number of pyridine rings is 3. The van der Waals surface area contributed by atoms with Crippen molar-refractivity contribution in [1.82, 2.24) is 15.0 Å². The van der Waals surface area contributed by atoms with Gasteiger partial charge in [-0.1, -0.05) is 129 Å². The molecule has 8 aromatic rings. The van der Waals surface area contributed by atoms with Crippen LogP contribution in [0, 0.1) is 32.1 Å². The number of hydrogen-bond acceptors (Lipinski definition) is 9. The van der Waals surface area contributed by atoms with Crippen molar-refractivity contribution in [3.63, 3.8) is 0 Å². The number of para-hydroxylation sites is 2. The first kappa shape index (κ1) is 64.7. The molecule has 3 aromatic heterocycles. The number of nitrogens with zero attached hydrogens (tertiary/aromatic N) is 3. The Morgan fingerprint density at radius 2 is 1.04 bits per heavy atom. The number of rotatable bonds is 6. The molecule has 0 amide bonds. The Labute approximate surface area is 470 Å². The van der Waals surface area contributed by atoms with E-state index in [2.05, 4.69) is 115 Å². The average Bonchev–Trinajstić information content (AvgIpc) is 3.87. The second-order valence-corrected chi connectivity index (χ2v) is 16.4. The molecule has 9 nitrogen and oxygen atoms in total. The predicted molar refractivity (Wildman–Crippen MR) is 285 cm³/mol. The molecule has 3 N–H and O–H groups in total. The van der Waals surface area contributed by atoms with Crippen LogP contribution in [-0.2, 0) is 74.7 Å². The van der Waals surface area contributed by atoms with Crippen LogP contribution in [0.1, 0.15) is 77.6 Å². The van der Waals surface area contributed by atoms with Gasteiger partial charge in [-0.15, -0.1) is 76.5 Å². The topological polar surface area (TPSA) is 151 Å². The van der Waals surface area contributed by atoms with E-state index in [1.54, 1.807) is 0 Å². The molecule has 0 fully saturated rings. The molecule has 0 spiro atoms. The van der Waals surface area contributed by atoms with Crippen LogP contribution < -0.4 is 0 Å². The Bertz CT molecular complexity index is 3060. The molecule has 385 valence electrons. The summed E-state index contributed by atoms with van der Waals surface area (Å²) in [7, 11) is 0. The number of carbonyl (C=O) groups excluding carboxylic acids is 3. The maximum absolute atomic E-state index is 10.0. The molecule has 5 aromatic carbocycles. The Kier molecular flexibility index (Phi) is 30.2. The van der Waals surface area contributed by atoms with Crippen LogP contribution in [0.25, 0.3) is 60.7 Å². The van der Waals surface area contributed by atoms with Gasteiger partial charge in [0.15, 0.2) is 17.3 Å². The number of aromatic nitrogens is 3. The number of benzene rings is 5. The zero-order valence-corrected chi connectivity index (χ0v) is 49.3. The number of aryl methyl sites for hydroxylation is 2. The summed E-state index contributed by atoms with van der Waals surface area (Å²) in [6.07, 6.45) is 12.1. The van der Waals surface area contributed by atoms with Crippen molar-refractivity contribution in [2.24, 2.45) is 0 Å². The van der Waals surface area contributed by atoms with Crippen LogP contribution in [-0.4, -0.2) is 47.6 Å². The maximum atomic E-state index is 10.0. The number of fused-ring (bicyclic) bond motifs is 3. The minimum atomic E-state index is -0.125. The van der Waals surface area contributed by atoms with Crippen molar-refractivity contribution in [2.45, 2.75) is 74.7 Å². The summed E-state index contributed by atoms with van der Waals surface area (Å²) < 4.78 is 0. The SMILES string of the molecule is CC(=O)C=C(C)O.CC(=O)C=C(C)O.CC(=O)C=C(C)O.Cc1[c-]c(-c2ccc3ccccc3n2)cc(C)c1.[C-]1=C(c2ccc3ccccc3n2)CCC1.[Ir].[Ir].[Ir].[c-]1ccc2ccccc2c1-c1ccccn1. The zero-order chi connectivity index (χ0) is 51.0. The van der Waals surface area contributed by atoms with Crippen LogP contribution in [0.4, 0.5) is 0 Å². The Morgan fingerprint density at radius 3 is 1.51 bits per heavy atom. The van der Waals surface area contributed by atoms with Gasteiger partial charge in [-0.05, 0) is 81.9 Å². The Hall–Kier alpha value is -6.35. The molecule has 1 aliphatic carbocycles. The summed E-state index contributed by atoms with van der Waals surface area (Å²) in [5.41, 5.74) is 11.0. The molecular weight excluding hydrogens is 1450 g/mol.